The van der Waals surface area contributed by atoms with Crippen LogP contribution in [-0.2, 0) is 6.42 Å². The quantitative estimate of drug-likeness (QED) is 0.876. The maximum atomic E-state index is 6.20. The summed E-state index contributed by atoms with van der Waals surface area (Å²) in [6.45, 7) is 2.15. The van der Waals surface area contributed by atoms with Gasteiger partial charge in [-0.15, -0.1) is 11.3 Å². The largest absolute Gasteiger partial charge is 0.320 e. The summed E-state index contributed by atoms with van der Waals surface area (Å²) in [7, 11) is 0. The highest BCUT2D eigenvalue weighted by Crippen LogP contribution is 2.29. The van der Waals surface area contributed by atoms with Gasteiger partial charge in [0.1, 0.15) is 0 Å². The third-order valence-corrected chi connectivity index (χ3v) is 3.93. The maximum absolute atomic E-state index is 6.20. The number of benzene rings is 1. The Bertz CT molecular complexity index is 478. The summed E-state index contributed by atoms with van der Waals surface area (Å²) in [5, 5.41) is 0. The van der Waals surface area contributed by atoms with Gasteiger partial charge in [0.15, 0.2) is 0 Å². The third kappa shape index (κ3) is 2.46. The second-order valence-corrected chi connectivity index (χ2v) is 5.46. The zero-order chi connectivity index (χ0) is 11.5. The predicted octanol–water partition coefficient (Wildman–Crippen LogP) is 4.01. The number of hydrogen-bond acceptors (Lipinski definition) is 2. The minimum atomic E-state index is -0.0657. The van der Waals surface area contributed by atoms with Gasteiger partial charge in [0, 0.05) is 4.88 Å². The van der Waals surface area contributed by atoms with Crippen LogP contribution in [-0.4, -0.2) is 0 Å². The maximum Gasteiger partial charge on any atom is 0.0931 e. The predicted molar refractivity (Wildman–Crippen MR) is 71.2 cm³/mol. The van der Waals surface area contributed by atoms with E-state index in [1.807, 2.05) is 12.1 Å². The molecular weight excluding hydrogens is 238 g/mol. The first kappa shape index (κ1) is 11.6. The summed E-state index contributed by atoms with van der Waals surface area (Å²) >= 11 is 7.46. The lowest BCUT2D eigenvalue weighted by molar-refractivity contribution is 0.888. The molecule has 1 aromatic carbocycles. The van der Waals surface area contributed by atoms with E-state index in [1.165, 1.54) is 5.56 Å². The fourth-order valence-electron chi connectivity index (χ4n) is 1.67. The Labute approximate surface area is 105 Å². The molecule has 1 nitrogen and oxygen atoms in total. The van der Waals surface area contributed by atoms with Crippen molar-refractivity contribution in [1.82, 2.24) is 0 Å². The molecule has 0 fully saturated rings. The third-order valence-electron chi connectivity index (χ3n) is 2.62. The molecule has 0 aliphatic heterocycles. The van der Waals surface area contributed by atoms with E-state index in [9.17, 15) is 0 Å². The molecule has 2 N–H and O–H groups in total. The molecule has 84 valence electrons. The van der Waals surface area contributed by atoms with Crippen LogP contribution in [0.2, 0.25) is 4.34 Å². The highest BCUT2D eigenvalue weighted by atomic mass is 35.5. The van der Waals surface area contributed by atoms with E-state index < -0.39 is 0 Å². The first-order valence-corrected chi connectivity index (χ1v) is 6.50. The topological polar surface area (TPSA) is 26.0 Å². The van der Waals surface area contributed by atoms with Crippen LogP contribution in [0.4, 0.5) is 0 Å². The second-order valence-electron chi connectivity index (χ2n) is 3.72. The van der Waals surface area contributed by atoms with Gasteiger partial charge in [-0.1, -0.05) is 42.8 Å². The minimum Gasteiger partial charge on any atom is -0.320 e. The molecule has 1 heterocycles. The molecular formula is C13H14ClNS. The molecule has 0 saturated carbocycles. The molecule has 1 unspecified atom stereocenters. The van der Waals surface area contributed by atoms with Crippen LogP contribution in [0.1, 0.15) is 29.0 Å². The van der Waals surface area contributed by atoms with Crippen LogP contribution in [0.25, 0.3) is 0 Å². The van der Waals surface area contributed by atoms with Gasteiger partial charge in [0.2, 0.25) is 0 Å². The second kappa shape index (κ2) is 5.00. The summed E-state index contributed by atoms with van der Waals surface area (Å²) in [5.41, 5.74) is 8.67. The fourth-order valence-corrected chi connectivity index (χ4v) is 2.76. The van der Waals surface area contributed by atoms with Gasteiger partial charge in [-0.05, 0) is 29.7 Å². The summed E-state index contributed by atoms with van der Waals surface area (Å²) in [4.78, 5) is 1.11. The van der Waals surface area contributed by atoms with E-state index >= 15 is 0 Å². The number of halogens is 1. The van der Waals surface area contributed by atoms with Gasteiger partial charge >= 0.3 is 0 Å². The molecule has 0 radical (unpaired) electrons. The monoisotopic (exact) mass is 251 g/mol. The summed E-state index contributed by atoms with van der Waals surface area (Å²) in [6.07, 6.45) is 1.03. The standard InChI is InChI=1S/C13H14ClNS/c1-2-9-4-3-5-10(8-9)13(15)11-6-7-12(14)16-11/h3-8,13H,2,15H2,1H3. The van der Waals surface area contributed by atoms with Crippen molar-refractivity contribution in [3.63, 3.8) is 0 Å². The van der Waals surface area contributed by atoms with E-state index in [0.29, 0.717) is 0 Å². The zero-order valence-electron chi connectivity index (χ0n) is 9.11. The Hall–Kier alpha value is -0.830. The van der Waals surface area contributed by atoms with Crippen LogP contribution < -0.4 is 5.73 Å². The molecule has 16 heavy (non-hydrogen) atoms. The van der Waals surface area contributed by atoms with Crippen molar-refractivity contribution in [2.75, 3.05) is 0 Å². The molecule has 0 bridgehead atoms. The van der Waals surface area contributed by atoms with Gasteiger partial charge < -0.3 is 5.73 Å². The van der Waals surface area contributed by atoms with Gasteiger partial charge in [-0.2, -0.15) is 0 Å². The molecule has 0 amide bonds. The molecule has 2 rings (SSSR count). The molecule has 1 aromatic heterocycles. The minimum absolute atomic E-state index is 0.0657. The molecule has 0 saturated heterocycles. The van der Waals surface area contributed by atoms with Crippen molar-refractivity contribution in [2.45, 2.75) is 19.4 Å². The lowest BCUT2D eigenvalue weighted by Gasteiger charge is -2.11. The van der Waals surface area contributed by atoms with Crippen molar-refractivity contribution in [1.29, 1.82) is 0 Å². The number of rotatable bonds is 3. The first-order valence-electron chi connectivity index (χ1n) is 5.30. The van der Waals surface area contributed by atoms with Gasteiger partial charge in [-0.25, -0.2) is 0 Å². The van der Waals surface area contributed by atoms with Crippen LogP contribution in [0, 0.1) is 0 Å². The highest BCUT2D eigenvalue weighted by Gasteiger charge is 2.11. The van der Waals surface area contributed by atoms with Crippen LogP contribution >= 0.6 is 22.9 Å². The van der Waals surface area contributed by atoms with Crippen molar-refractivity contribution in [3.8, 4) is 0 Å². The van der Waals surface area contributed by atoms with Crippen LogP contribution in [0.3, 0.4) is 0 Å². The Morgan fingerprint density at radius 3 is 2.75 bits per heavy atom. The van der Waals surface area contributed by atoms with Crippen molar-refractivity contribution in [3.05, 3.63) is 56.7 Å². The van der Waals surface area contributed by atoms with E-state index in [-0.39, 0.29) is 6.04 Å². The molecule has 0 aliphatic rings. The number of nitrogens with two attached hydrogens (primary N) is 1. The normalized spacial score (nSPS) is 12.7. The number of thiophene rings is 1. The van der Waals surface area contributed by atoms with E-state index in [0.717, 1.165) is 21.2 Å². The van der Waals surface area contributed by atoms with Crippen molar-refractivity contribution >= 4 is 22.9 Å². The molecule has 3 heteroatoms. The molecule has 1 atom stereocenters. The van der Waals surface area contributed by atoms with Crippen LogP contribution in [0.5, 0.6) is 0 Å². The van der Waals surface area contributed by atoms with E-state index in [4.69, 9.17) is 17.3 Å². The summed E-state index contributed by atoms with van der Waals surface area (Å²) in [6, 6.07) is 12.2. The highest BCUT2D eigenvalue weighted by molar-refractivity contribution is 7.16. The Morgan fingerprint density at radius 1 is 1.31 bits per heavy atom. The lowest BCUT2D eigenvalue weighted by atomic mass is 10.0. The zero-order valence-corrected chi connectivity index (χ0v) is 10.7. The van der Waals surface area contributed by atoms with Gasteiger partial charge in [0.25, 0.3) is 0 Å². The van der Waals surface area contributed by atoms with Gasteiger partial charge in [0.05, 0.1) is 10.4 Å². The summed E-state index contributed by atoms with van der Waals surface area (Å²) < 4.78 is 0.789. The Morgan fingerprint density at radius 2 is 2.12 bits per heavy atom. The van der Waals surface area contributed by atoms with E-state index in [1.54, 1.807) is 11.3 Å². The molecule has 0 aliphatic carbocycles. The average molecular weight is 252 g/mol. The SMILES string of the molecule is CCc1cccc(C(N)c2ccc(Cl)s2)c1. The number of hydrogen-bond donors (Lipinski definition) is 1. The van der Waals surface area contributed by atoms with E-state index in [2.05, 4.69) is 31.2 Å². The average Bonchev–Trinajstić information content (AvgIpc) is 2.75. The van der Waals surface area contributed by atoms with Gasteiger partial charge in [-0.3, -0.25) is 0 Å². The smallest absolute Gasteiger partial charge is 0.0931 e. The van der Waals surface area contributed by atoms with Crippen LogP contribution in [0.15, 0.2) is 36.4 Å². The first-order chi connectivity index (χ1) is 7.70. The Kier molecular flexibility index (Phi) is 3.64. The molecule has 0 spiro atoms. The molecule has 2 aromatic rings. The fraction of sp³-hybridized carbons (Fsp3) is 0.231. The lowest BCUT2D eigenvalue weighted by Crippen LogP contribution is -2.10. The Balaban J connectivity index is 2.29. The number of aryl methyl sites for hydroxylation is 1. The summed E-state index contributed by atoms with van der Waals surface area (Å²) in [5.74, 6) is 0. The van der Waals surface area contributed by atoms with Crippen molar-refractivity contribution in [2.24, 2.45) is 5.73 Å². The van der Waals surface area contributed by atoms with Crippen molar-refractivity contribution < 1.29 is 0 Å².